The molecule has 1 atom stereocenters. The van der Waals surface area contributed by atoms with Crippen molar-refractivity contribution in [2.45, 2.75) is 12.0 Å². The molecule has 0 aliphatic carbocycles. The molecule has 0 saturated carbocycles. The molecule has 0 N–H and O–H groups in total. The molecule has 0 spiro atoms. The first-order chi connectivity index (χ1) is 5.34. The van der Waals surface area contributed by atoms with Gasteiger partial charge in [0.15, 0.2) is 0 Å². The minimum Gasteiger partial charge on any atom is -0.103 e. The molecule has 58 valence electrons. The third-order valence-electron chi connectivity index (χ3n) is 1.89. The van der Waals surface area contributed by atoms with Gasteiger partial charge in [-0.3, -0.25) is 0 Å². The minimum absolute atomic E-state index is 0.744. The molecule has 0 bridgehead atoms. The van der Waals surface area contributed by atoms with Crippen LogP contribution >= 0.6 is 0 Å². The second-order valence-corrected chi connectivity index (χ2v) is 4.23. The molecule has 0 nitrogen and oxygen atoms in total. The average molecular weight is 162 g/mol. The molecule has 0 aliphatic rings. The van der Waals surface area contributed by atoms with Crippen LogP contribution in [-0.4, -0.2) is 10.2 Å². The van der Waals surface area contributed by atoms with Crippen molar-refractivity contribution in [1.82, 2.24) is 0 Å². The zero-order valence-electron chi connectivity index (χ0n) is 6.96. The first-order valence-electron chi connectivity index (χ1n) is 4.00. The van der Waals surface area contributed by atoms with E-state index in [9.17, 15) is 0 Å². The normalized spacial score (nSPS) is 12.7. The van der Waals surface area contributed by atoms with Gasteiger partial charge in [-0.25, -0.2) is 0 Å². The summed E-state index contributed by atoms with van der Waals surface area (Å²) < 4.78 is 0. The molecule has 0 aromatic heterocycles. The number of allylic oxidation sites excluding steroid dienone is 1. The summed E-state index contributed by atoms with van der Waals surface area (Å²) in [5.41, 5.74) is 2.20. The van der Waals surface area contributed by atoms with Gasteiger partial charge in [-0.15, -0.1) is 6.58 Å². The van der Waals surface area contributed by atoms with E-state index >= 15 is 0 Å². The topological polar surface area (TPSA) is 0 Å². The Balaban J connectivity index is 2.68. The summed E-state index contributed by atoms with van der Waals surface area (Å²) in [6.07, 6.45) is 3.13. The number of hydrogen-bond acceptors (Lipinski definition) is 0. The number of rotatable bonds is 3. The van der Waals surface area contributed by atoms with Crippen LogP contribution in [0.4, 0.5) is 0 Å². The number of hydrogen-bond donors (Lipinski definition) is 0. The van der Waals surface area contributed by atoms with E-state index in [1.54, 1.807) is 0 Å². The average Bonchev–Trinajstić information content (AvgIpc) is 2.07. The van der Waals surface area contributed by atoms with Gasteiger partial charge < -0.3 is 0 Å². The van der Waals surface area contributed by atoms with Crippen LogP contribution in [-0.2, 0) is 0 Å². The summed E-state index contributed by atoms with van der Waals surface area (Å²) in [5.74, 6) is 0. The van der Waals surface area contributed by atoms with Gasteiger partial charge in [0, 0.05) is 10.2 Å². The second kappa shape index (κ2) is 4.14. The zero-order valence-corrected chi connectivity index (χ0v) is 8.96. The highest BCUT2D eigenvalue weighted by Crippen LogP contribution is 2.14. The fourth-order valence-electron chi connectivity index (χ4n) is 1.17. The van der Waals surface area contributed by atoms with Gasteiger partial charge in [0.05, 0.1) is 0 Å². The maximum atomic E-state index is 3.75. The zero-order chi connectivity index (χ0) is 8.10. The van der Waals surface area contributed by atoms with Crippen molar-refractivity contribution in [1.29, 1.82) is 0 Å². The molecule has 1 aromatic rings. The van der Waals surface area contributed by atoms with Crippen LogP contribution in [0.15, 0.2) is 43.0 Å². The van der Waals surface area contributed by atoms with E-state index in [0.29, 0.717) is 0 Å². The molecule has 0 amide bonds. The maximum Gasteiger partial charge on any atom is 0.0127 e. The minimum atomic E-state index is 0.744. The fraction of sp³-hybridized carbons (Fsp3) is 0.200. The lowest BCUT2D eigenvalue weighted by Gasteiger charge is -2.07. The third-order valence-corrected chi connectivity index (χ3v) is 3.03. The molecular formula is C10H14Si. The van der Waals surface area contributed by atoms with Gasteiger partial charge in [-0.2, -0.15) is 0 Å². The molecule has 0 saturated heterocycles. The predicted molar refractivity (Wildman–Crippen MR) is 53.9 cm³/mol. The van der Waals surface area contributed by atoms with Gasteiger partial charge in [0.2, 0.25) is 0 Å². The smallest absolute Gasteiger partial charge is 0.0127 e. The molecule has 0 radical (unpaired) electrons. The molecule has 0 aliphatic heterocycles. The molecule has 0 heterocycles. The van der Waals surface area contributed by atoms with Gasteiger partial charge in [-0.05, 0) is 17.5 Å². The van der Waals surface area contributed by atoms with Crippen molar-refractivity contribution in [3.63, 3.8) is 0 Å². The quantitative estimate of drug-likeness (QED) is 0.468. The van der Waals surface area contributed by atoms with Crippen molar-refractivity contribution >= 4 is 10.2 Å². The highest BCUT2D eigenvalue weighted by atomic mass is 28.1. The first-order valence-corrected chi connectivity index (χ1v) is 5.16. The Kier molecular flexibility index (Phi) is 3.11. The summed E-state index contributed by atoms with van der Waals surface area (Å²) in [6.45, 7) is 3.75. The lowest BCUT2D eigenvalue weighted by molar-refractivity contribution is 0.957. The van der Waals surface area contributed by atoms with Gasteiger partial charge >= 0.3 is 0 Å². The molecular weight excluding hydrogens is 148 g/mol. The Hall–Kier alpha value is -0.823. The van der Waals surface area contributed by atoms with Crippen LogP contribution in [0.25, 0.3) is 0 Å². The summed E-state index contributed by atoms with van der Waals surface area (Å²) in [7, 11) is 1.22. The standard InChI is InChI=1S/C10H14Si/c1-2-6-10(11)9-7-4-3-5-8-9/h2-5,7-8,10H,1,6H2,11H3. The fourth-order valence-corrected chi connectivity index (χ4v) is 1.89. The third kappa shape index (κ3) is 2.35. The lowest BCUT2D eigenvalue weighted by Crippen LogP contribution is -1.95. The largest absolute Gasteiger partial charge is 0.103 e. The van der Waals surface area contributed by atoms with E-state index in [1.165, 1.54) is 15.8 Å². The van der Waals surface area contributed by atoms with E-state index in [-0.39, 0.29) is 0 Å². The van der Waals surface area contributed by atoms with Crippen LogP contribution < -0.4 is 0 Å². The van der Waals surface area contributed by atoms with Gasteiger partial charge in [-0.1, -0.05) is 36.4 Å². The van der Waals surface area contributed by atoms with Crippen molar-refractivity contribution in [3.05, 3.63) is 48.6 Å². The highest BCUT2D eigenvalue weighted by Gasteiger charge is 2.00. The Bertz CT molecular complexity index is 216. The molecule has 1 unspecified atom stereocenters. The Labute approximate surface area is 71.4 Å². The summed E-state index contributed by atoms with van der Waals surface area (Å²) in [4.78, 5) is 0. The molecule has 1 rings (SSSR count). The first kappa shape index (κ1) is 8.28. The summed E-state index contributed by atoms with van der Waals surface area (Å²) in [6, 6.07) is 10.7. The van der Waals surface area contributed by atoms with Crippen molar-refractivity contribution in [3.8, 4) is 0 Å². The van der Waals surface area contributed by atoms with Crippen LogP contribution in [0.5, 0.6) is 0 Å². The second-order valence-electron chi connectivity index (χ2n) is 2.84. The van der Waals surface area contributed by atoms with E-state index in [1.807, 2.05) is 6.08 Å². The lowest BCUT2D eigenvalue weighted by atomic mass is 10.1. The van der Waals surface area contributed by atoms with Crippen molar-refractivity contribution < 1.29 is 0 Å². The Morgan fingerprint density at radius 2 is 2.00 bits per heavy atom. The van der Waals surface area contributed by atoms with E-state index in [4.69, 9.17) is 0 Å². The molecule has 1 heteroatoms. The Morgan fingerprint density at radius 3 is 2.55 bits per heavy atom. The van der Waals surface area contributed by atoms with Crippen LogP contribution in [0, 0.1) is 0 Å². The van der Waals surface area contributed by atoms with E-state index in [0.717, 1.165) is 12.0 Å². The van der Waals surface area contributed by atoms with Crippen LogP contribution in [0.1, 0.15) is 17.5 Å². The number of benzene rings is 1. The van der Waals surface area contributed by atoms with Crippen LogP contribution in [0.3, 0.4) is 0 Å². The maximum absolute atomic E-state index is 3.75. The Morgan fingerprint density at radius 1 is 1.36 bits per heavy atom. The summed E-state index contributed by atoms with van der Waals surface area (Å²) in [5, 5.41) is 0. The summed E-state index contributed by atoms with van der Waals surface area (Å²) >= 11 is 0. The van der Waals surface area contributed by atoms with Crippen LogP contribution in [0.2, 0.25) is 0 Å². The SMILES string of the molecule is C=CCC([SiH3])c1ccccc1. The molecule has 0 fully saturated rings. The molecule has 11 heavy (non-hydrogen) atoms. The predicted octanol–water partition coefficient (Wildman–Crippen LogP) is 1.67. The van der Waals surface area contributed by atoms with Gasteiger partial charge in [0.25, 0.3) is 0 Å². The highest BCUT2D eigenvalue weighted by molar-refractivity contribution is 6.12. The monoisotopic (exact) mass is 162 g/mol. The molecule has 1 aromatic carbocycles. The van der Waals surface area contributed by atoms with E-state index in [2.05, 4.69) is 36.9 Å². The van der Waals surface area contributed by atoms with Gasteiger partial charge in [0.1, 0.15) is 0 Å². The van der Waals surface area contributed by atoms with Crippen molar-refractivity contribution in [2.75, 3.05) is 0 Å². The van der Waals surface area contributed by atoms with E-state index < -0.39 is 0 Å². The van der Waals surface area contributed by atoms with Crippen molar-refractivity contribution in [2.24, 2.45) is 0 Å².